The van der Waals surface area contributed by atoms with Crippen LogP contribution in [-0.2, 0) is 171 Å². The van der Waals surface area contributed by atoms with Crippen molar-refractivity contribution < 1.29 is 171 Å². The number of unbranched alkanes of at least 4 members (excludes halogenated alkanes) is 10. The molecule has 36 nitrogen and oxygen atoms in total. The molecular weight excluding hydrogens is 1730 g/mol. The van der Waals surface area contributed by atoms with E-state index in [0.717, 1.165) is 30.4 Å². The third kappa shape index (κ3) is 63.4. The summed E-state index contributed by atoms with van der Waals surface area (Å²) in [5.41, 5.74) is -4.81. The van der Waals surface area contributed by atoms with Gasteiger partial charge in [0.05, 0.1) is 101 Å². The Kier molecular flexibility index (Phi) is 68.6. The van der Waals surface area contributed by atoms with Gasteiger partial charge in [0, 0.05) is 116 Å². The van der Waals surface area contributed by atoms with Gasteiger partial charge in [0.25, 0.3) is 0 Å². The van der Waals surface area contributed by atoms with Gasteiger partial charge in [-0.25, -0.2) is 52.7 Å². The molecule has 0 aromatic heterocycles. The van der Waals surface area contributed by atoms with Crippen molar-refractivity contribution >= 4 is 95.3 Å². The van der Waals surface area contributed by atoms with Gasteiger partial charge in [0.2, 0.25) is 0 Å². The number of allylic oxidation sites excluding steroid dienone is 1. The van der Waals surface area contributed by atoms with Gasteiger partial charge in [0.1, 0.15) is 66.1 Å². The molecule has 2 atom stereocenters. The minimum absolute atomic E-state index is 0.000200. The highest BCUT2D eigenvalue weighted by Crippen LogP contribution is 2.30. The van der Waals surface area contributed by atoms with Crippen LogP contribution >= 0.6 is 0 Å². The van der Waals surface area contributed by atoms with Crippen LogP contribution in [0.3, 0.4) is 0 Å². The first-order chi connectivity index (χ1) is 62.7. The van der Waals surface area contributed by atoms with Crippen LogP contribution in [0.15, 0.2) is 149 Å². The van der Waals surface area contributed by atoms with Gasteiger partial charge >= 0.3 is 89.5 Å². The molecule has 0 aromatic carbocycles. The van der Waals surface area contributed by atoms with E-state index in [1.54, 1.807) is 0 Å². The molecule has 0 saturated heterocycles. The number of hydrogen-bond acceptors (Lipinski definition) is 36. The number of esters is 15. The first kappa shape index (κ1) is 122. The fourth-order valence-corrected chi connectivity index (χ4v) is 10.3. The molecule has 0 rings (SSSR count). The first-order valence-corrected chi connectivity index (χ1v) is 43.3. The van der Waals surface area contributed by atoms with Crippen molar-refractivity contribution in [2.75, 3.05) is 165 Å². The zero-order valence-corrected chi connectivity index (χ0v) is 78.2. The smallest absolute Gasteiger partial charge is 0.333 e. The fourth-order valence-electron chi connectivity index (χ4n) is 10.3. The summed E-state index contributed by atoms with van der Waals surface area (Å²) in [5, 5.41) is 0. The number of ether oxygens (including phenoxy) is 20. The maximum Gasteiger partial charge on any atom is 0.333 e. The van der Waals surface area contributed by atoms with E-state index in [1.807, 2.05) is 0 Å². The summed E-state index contributed by atoms with van der Waals surface area (Å²) < 4.78 is 111. The Morgan fingerprint density at radius 2 is 0.386 bits per heavy atom. The molecule has 740 valence electrons. The predicted octanol–water partition coefficient (Wildman–Crippen LogP) is 11.5. The predicted molar refractivity (Wildman–Crippen MR) is 480 cm³/mol. The molecule has 0 heterocycles. The van der Waals surface area contributed by atoms with Crippen LogP contribution in [0.1, 0.15) is 176 Å². The fraction of sp³-hybridized carbons (Fsp3) is 0.583. The molecule has 0 radical (unpaired) electrons. The number of ketones is 1. The van der Waals surface area contributed by atoms with Crippen LogP contribution in [-0.4, -0.2) is 260 Å². The van der Waals surface area contributed by atoms with Crippen molar-refractivity contribution in [1.82, 2.24) is 0 Å². The van der Waals surface area contributed by atoms with Crippen molar-refractivity contribution in [3.8, 4) is 0 Å². The molecule has 0 fully saturated rings. The summed E-state index contributed by atoms with van der Waals surface area (Å²) >= 11 is 0. The molecule has 0 aliphatic rings. The van der Waals surface area contributed by atoms with Crippen molar-refractivity contribution in [1.29, 1.82) is 0 Å². The standard InChI is InChI=1S/C50H74O18.C46H66O18/c1-35(2)43(53)61-24-17-13-15-21-41(51)64-30-49(32-66-46(56)38(7)8,27-59-23-19-20-26-63-45(55)37(5)6)28-60-29-50(33-67-47(57)39(9)10,34-68-48(58)40(11)12)31-65-42(52)22-16-14-18-25-62-44(54)36(3)4;1-7-37(47)23-28-55-24-17-13-15-21-44(54)64-36-46(34-61-41(51)11-5,35-62-42(52)12-6)31-57-30-45(32-60-40(50)10-4,29-56-25-19-20-27-59-39(49)9-3)33-63-43(53)22-16-14-18-26-58-38(48)8-2/h1,3,5,7,9,11,13-34H2,2,4,6,8,10,12H3;7-12H,1-6,13-36H2. The summed E-state index contributed by atoms with van der Waals surface area (Å²) in [7, 11) is 0. The molecule has 132 heavy (non-hydrogen) atoms. The van der Waals surface area contributed by atoms with Gasteiger partial charge in [-0.15, -0.1) is 0 Å². The van der Waals surface area contributed by atoms with E-state index in [0.29, 0.717) is 109 Å². The van der Waals surface area contributed by atoms with Crippen LogP contribution in [0.4, 0.5) is 0 Å². The Morgan fingerprint density at radius 1 is 0.189 bits per heavy atom. The summed E-state index contributed by atoms with van der Waals surface area (Å²) in [6.45, 7) is 46.1. The highest BCUT2D eigenvalue weighted by Gasteiger charge is 2.43. The molecule has 0 saturated carbocycles. The molecule has 0 spiro atoms. The largest absolute Gasteiger partial charge is 0.465 e. The molecule has 0 aliphatic carbocycles. The summed E-state index contributed by atoms with van der Waals surface area (Å²) in [6, 6.07) is 0. The molecule has 2 unspecified atom stereocenters. The average molecular weight is 1870 g/mol. The van der Waals surface area contributed by atoms with E-state index in [9.17, 15) is 76.7 Å². The van der Waals surface area contributed by atoms with Crippen molar-refractivity contribution in [3.63, 3.8) is 0 Å². The van der Waals surface area contributed by atoms with Crippen LogP contribution in [0.2, 0.25) is 0 Å². The molecule has 0 N–H and O–H groups in total. The van der Waals surface area contributed by atoms with E-state index >= 15 is 0 Å². The summed E-state index contributed by atoms with van der Waals surface area (Å²) in [4.78, 5) is 196. The maximum absolute atomic E-state index is 13.1. The molecule has 0 bridgehead atoms. The van der Waals surface area contributed by atoms with Crippen molar-refractivity contribution in [2.45, 2.75) is 176 Å². The average Bonchev–Trinajstić information content (AvgIpc) is 0.861. The minimum atomic E-state index is -1.54. The molecule has 0 amide bonds. The van der Waals surface area contributed by atoms with Crippen molar-refractivity contribution in [3.05, 3.63) is 149 Å². The van der Waals surface area contributed by atoms with Crippen molar-refractivity contribution in [2.24, 2.45) is 21.7 Å². The Balaban J connectivity index is 0. The highest BCUT2D eigenvalue weighted by molar-refractivity contribution is 5.90. The third-order valence-electron chi connectivity index (χ3n) is 18.1. The lowest BCUT2D eigenvalue weighted by Crippen LogP contribution is -2.47. The lowest BCUT2D eigenvalue weighted by atomic mass is 9.90. The van der Waals surface area contributed by atoms with E-state index < -0.39 is 177 Å². The monoisotopic (exact) mass is 1870 g/mol. The zero-order chi connectivity index (χ0) is 99.6. The second-order valence-electron chi connectivity index (χ2n) is 31.4. The second-order valence-corrected chi connectivity index (χ2v) is 31.4. The van der Waals surface area contributed by atoms with E-state index in [4.69, 9.17) is 94.7 Å². The highest BCUT2D eigenvalue weighted by atomic mass is 16.6. The van der Waals surface area contributed by atoms with E-state index in [-0.39, 0.29) is 164 Å². The van der Waals surface area contributed by atoms with Gasteiger partial charge in [0.15, 0.2) is 5.78 Å². The molecular formula is C96H140O36. The Morgan fingerprint density at radius 3 is 0.644 bits per heavy atom. The van der Waals surface area contributed by atoms with Crippen LogP contribution < -0.4 is 0 Å². The normalized spacial score (nSPS) is 11.7. The maximum atomic E-state index is 13.1. The minimum Gasteiger partial charge on any atom is -0.465 e. The lowest BCUT2D eigenvalue weighted by molar-refractivity contribution is -0.174. The number of carbonyl (C=O) groups excluding carboxylic acids is 16. The van der Waals surface area contributed by atoms with Gasteiger partial charge in [-0.05, 0) is 144 Å². The third-order valence-corrected chi connectivity index (χ3v) is 18.1. The topological polar surface area (TPSA) is 458 Å². The second kappa shape index (κ2) is 74.0. The Hall–Kier alpha value is -11.6. The molecule has 0 aromatic rings. The molecule has 0 aliphatic heterocycles. The van der Waals surface area contributed by atoms with Gasteiger partial charge in [-0.2, -0.15) is 0 Å². The zero-order valence-electron chi connectivity index (χ0n) is 78.2. The van der Waals surface area contributed by atoms with Gasteiger partial charge in [-0.1, -0.05) is 85.4 Å². The van der Waals surface area contributed by atoms with Gasteiger partial charge < -0.3 is 94.7 Å². The first-order valence-electron chi connectivity index (χ1n) is 43.3. The van der Waals surface area contributed by atoms with Crippen LogP contribution in [0.25, 0.3) is 0 Å². The summed E-state index contributed by atoms with van der Waals surface area (Å²) in [6.07, 6.45) is 14.1. The quantitative estimate of drug-likeness (QED) is 0.0236. The number of carbonyl (C=O) groups is 16. The van der Waals surface area contributed by atoms with Gasteiger partial charge in [-0.3, -0.25) is 24.0 Å². The number of hydrogen-bond donors (Lipinski definition) is 0. The summed E-state index contributed by atoms with van der Waals surface area (Å²) in [5.74, 6) is -9.98. The Bertz CT molecular complexity index is 3750. The van der Waals surface area contributed by atoms with Crippen LogP contribution in [0, 0.1) is 21.7 Å². The van der Waals surface area contributed by atoms with Crippen LogP contribution in [0.5, 0.6) is 0 Å². The SMILES string of the molecule is C=C(C)C(=O)OCCCCCC(=O)OCC(COCCCCOC(=O)C(=C)C)(COCC(COC(=O)CCCCCOC(=O)C(=C)C)(COC(=O)C(=C)C)COC(=O)C(=C)C)COC(=O)C(=C)C.C=CC(=O)CCOCCCCCC(=O)OCC(COCC(COCCCCOC(=O)C=C)(COC(=O)C=C)COC(=O)CCCCCOC(=O)C=C)(COC(=O)C=C)COC(=O)C=C. The Labute approximate surface area is 775 Å². The lowest BCUT2D eigenvalue weighted by Gasteiger charge is -2.36. The van der Waals surface area contributed by atoms with E-state index in [1.165, 1.54) is 47.6 Å². The van der Waals surface area contributed by atoms with E-state index in [2.05, 4.69) is 78.9 Å². The number of rotatable bonds is 81. The molecule has 36 heteroatoms.